The summed E-state index contributed by atoms with van der Waals surface area (Å²) in [6.07, 6.45) is 0. The molecule has 0 aliphatic heterocycles. The SMILES string of the molecule is COc1ccc2oc(C(C)NC(=O)c3ccc(C)c(F)c3)c(C)c2c1. The third-order valence-electron chi connectivity index (χ3n) is 4.36. The predicted octanol–water partition coefficient (Wildman–Crippen LogP) is 4.69. The fourth-order valence-electron chi connectivity index (χ4n) is 2.84. The Labute approximate surface area is 145 Å². The second-order valence-corrected chi connectivity index (χ2v) is 6.11. The maximum Gasteiger partial charge on any atom is 0.251 e. The molecule has 3 rings (SSSR count). The van der Waals surface area contributed by atoms with Gasteiger partial charge in [0, 0.05) is 16.5 Å². The van der Waals surface area contributed by atoms with Crippen molar-refractivity contribution >= 4 is 16.9 Å². The van der Waals surface area contributed by atoms with Gasteiger partial charge < -0.3 is 14.5 Å². The van der Waals surface area contributed by atoms with Gasteiger partial charge in [-0.25, -0.2) is 4.39 Å². The minimum absolute atomic E-state index is 0.283. The maximum absolute atomic E-state index is 13.7. The average molecular weight is 341 g/mol. The molecule has 0 spiro atoms. The first-order chi connectivity index (χ1) is 11.9. The van der Waals surface area contributed by atoms with E-state index in [4.69, 9.17) is 9.15 Å². The molecule has 4 nitrogen and oxygen atoms in total. The largest absolute Gasteiger partial charge is 0.497 e. The van der Waals surface area contributed by atoms with Crippen LogP contribution in [0, 0.1) is 19.7 Å². The lowest BCUT2D eigenvalue weighted by Crippen LogP contribution is -2.26. The van der Waals surface area contributed by atoms with Crippen LogP contribution in [0.4, 0.5) is 4.39 Å². The lowest BCUT2D eigenvalue weighted by atomic mass is 10.1. The Morgan fingerprint density at radius 2 is 1.96 bits per heavy atom. The number of fused-ring (bicyclic) bond motifs is 1. The van der Waals surface area contributed by atoms with E-state index in [0.29, 0.717) is 11.3 Å². The van der Waals surface area contributed by atoms with Gasteiger partial charge in [0.05, 0.1) is 13.2 Å². The highest BCUT2D eigenvalue weighted by Crippen LogP contribution is 2.32. The molecule has 130 valence electrons. The van der Waals surface area contributed by atoms with E-state index in [9.17, 15) is 9.18 Å². The summed E-state index contributed by atoms with van der Waals surface area (Å²) >= 11 is 0. The van der Waals surface area contributed by atoms with Crippen molar-refractivity contribution in [3.63, 3.8) is 0 Å². The van der Waals surface area contributed by atoms with Crippen LogP contribution in [0.2, 0.25) is 0 Å². The first-order valence-electron chi connectivity index (χ1n) is 8.04. The van der Waals surface area contributed by atoms with Gasteiger partial charge in [0.1, 0.15) is 22.9 Å². The number of hydrogen-bond donors (Lipinski definition) is 1. The van der Waals surface area contributed by atoms with Crippen molar-refractivity contribution in [2.45, 2.75) is 26.8 Å². The Bertz CT molecular complexity index is 946. The molecule has 2 aromatic carbocycles. The van der Waals surface area contributed by atoms with E-state index in [2.05, 4.69) is 5.32 Å². The fraction of sp³-hybridized carbons (Fsp3) is 0.250. The summed E-state index contributed by atoms with van der Waals surface area (Å²) in [6, 6.07) is 9.66. The zero-order chi connectivity index (χ0) is 18.1. The molecule has 25 heavy (non-hydrogen) atoms. The lowest BCUT2D eigenvalue weighted by Gasteiger charge is -2.13. The molecule has 1 amide bonds. The number of hydrogen-bond acceptors (Lipinski definition) is 3. The number of aryl methyl sites for hydroxylation is 2. The minimum Gasteiger partial charge on any atom is -0.497 e. The van der Waals surface area contributed by atoms with Gasteiger partial charge in [0.2, 0.25) is 0 Å². The number of rotatable bonds is 4. The van der Waals surface area contributed by atoms with Crippen LogP contribution in [0.3, 0.4) is 0 Å². The molecule has 1 unspecified atom stereocenters. The molecule has 0 radical (unpaired) electrons. The van der Waals surface area contributed by atoms with Crippen molar-refractivity contribution in [1.82, 2.24) is 5.32 Å². The van der Waals surface area contributed by atoms with Gasteiger partial charge in [-0.05, 0) is 56.7 Å². The number of carbonyl (C=O) groups excluding carboxylic acids is 1. The Hall–Kier alpha value is -2.82. The normalized spacial score (nSPS) is 12.2. The molecule has 0 bridgehead atoms. The fourth-order valence-corrected chi connectivity index (χ4v) is 2.84. The van der Waals surface area contributed by atoms with Crippen LogP contribution in [-0.4, -0.2) is 13.0 Å². The zero-order valence-electron chi connectivity index (χ0n) is 14.6. The molecular weight excluding hydrogens is 321 g/mol. The molecule has 1 heterocycles. The van der Waals surface area contributed by atoms with E-state index in [1.54, 1.807) is 26.2 Å². The summed E-state index contributed by atoms with van der Waals surface area (Å²) in [5, 5.41) is 3.80. The number of halogens is 1. The van der Waals surface area contributed by atoms with Gasteiger partial charge in [-0.1, -0.05) is 6.07 Å². The van der Waals surface area contributed by atoms with Crippen LogP contribution in [0.1, 0.15) is 40.2 Å². The van der Waals surface area contributed by atoms with Crippen LogP contribution >= 0.6 is 0 Å². The maximum atomic E-state index is 13.7. The molecular formula is C20H20FNO3. The molecule has 0 fully saturated rings. The molecule has 0 saturated carbocycles. The molecule has 0 aliphatic carbocycles. The molecule has 1 N–H and O–H groups in total. The topological polar surface area (TPSA) is 51.5 Å². The van der Waals surface area contributed by atoms with E-state index in [1.165, 1.54) is 6.07 Å². The van der Waals surface area contributed by atoms with Crippen LogP contribution in [-0.2, 0) is 0 Å². The molecule has 0 aliphatic rings. The highest BCUT2D eigenvalue weighted by Gasteiger charge is 2.20. The predicted molar refractivity (Wildman–Crippen MR) is 94.5 cm³/mol. The van der Waals surface area contributed by atoms with Gasteiger partial charge >= 0.3 is 0 Å². The number of amides is 1. The van der Waals surface area contributed by atoms with Crippen molar-refractivity contribution < 1.29 is 18.3 Å². The summed E-state index contributed by atoms with van der Waals surface area (Å²) in [5.41, 5.74) is 2.46. The Morgan fingerprint density at radius 3 is 2.64 bits per heavy atom. The van der Waals surface area contributed by atoms with Crippen LogP contribution in [0.25, 0.3) is 11.0 Å². The van der Waals surface area contributed by atoms with E-state index >= 15 is 0 Å². The van der Waals surface area contributed by atoms with Gasteiger partial charge in [0.15, 0.2) is 0 Å². The Kier molecular flexibility index (Phi) is 4.49. The lowest BCUT2D eigenvalue weighted by molar-refractivity contribution is 0.0935. The number of methoxy groups -OCH3 is 1. The van der Waals surface area contributed by atoms with Gasteiger partial charge in [-0.3, -0.25) is 4.79 Å². The number of ether oxygens (including phenoxy) is 1. The van der Waals surface area contributed by atoms with Gasteiger partial charge in [-0.15, -0.1) is 0 Å². The first-order valence-corrected chi connectivity index (χ1v) is 8.04. The number of furan rings is 1. The van der Waals surface area contributed by atoms with Gasteiger partial charge in [-0.2, -0.15) is 0 Å². The molecule has 5 heteroatoms. The Morgan fingerprint density at radius 1 is 1.20 bits per heavy atom. The Balaban J connectivity index is 1.86. The van der Waals surface area contributed by atoms with E-state index in [0.717, 1.165) is 22.3 Å². The zero-order valence-corrected chi connectivity index (χ0v) is 14.6. The molecule has 1 atom stereocenters. The highest BCUT2D eigenvalue weighted by atomic mass is 19.1. The van der Waals surface area contributed by atoms with Crippen molar-refractivity contribution in [2.75, 3.05) is 7.11 Å². The van der Waals surface area contributed by atoms with E-state index in [-0.39, 0.29) is 17.5 Å². The third-order valence-corrected chi connectivity index (χ3v) is 4.36. The van der Waals surface area contributed by atoms with Crippen LogP contribution < -0.4 is 10.1 Å². The molecule has 1 aromatic heterocycles. The molecule has 3 aromatic rings. The van der Waals surface area contributed by atoms with Crippen molar-refractivity contribution in [3.8, 4) is 5.75 Å². The third kappa shape index (κ3) is 3.22. The van der Waals surface area contributed by atoms with Crippen molar-refractivity contribution in [1.29, 1.82) is 0 Å². The van der Waals surface area contributed by atoms with E-state index in [1.807, 2.05) is 32.0 Å². The summed E-state index contributed by atoms with van der Waals surface area (Å²) in [4.78, 5) is 12.4. The van der Waals surface area contributed by atoms with Crippen LogP contribution in [0.15, 0.2) is 40.8 Å². The smallest absolute Gasteiger partial charge is 0.251 e. The van der Waals surface area contributed by atoms with Crippen molar-refractivity contribution in [2.24, 2.45) is 0 Å². The highest BCUT2D eigenvalue weighted by molar-refractivity contribution is 5.94. The van der Waals surface area contributed by atoms with Crippen molar-refractivity contribution in [3.05, 3.63) is 64.7 Å². The minimum atomic E-state index is -0.396. The second-order valence-electron chi connectivity index (χ2n) is 6.11. The first kappa shape index (κ1) is 17.0. The monoisotopic (exact) mass is 341 g/mol. The number of benzene rings is 2. The summed E-state index contributed by atoms with van der Waals surface area (Å²) in [7, 11) is 1.61. The van der Waals surface area contributed by atoms with Crippen LogP contribution in [0.5, 0.6) is 5.75 Å². The quantitative estimate of drug-likeness (QED) is 0.749. The average Bonchev–Trinajstić information content (AvgIpc) is 2.93. The number of nitrogens with one attached hydrogen (secondary N) is 1. The summed E-state index contributed by atoms with van der Waals surface area (Å²) in [5.74, 6) is 0.676. The summed E-state index contributed by atoms with van der Waals surface area (Å²) in [6.45, 7) is 5.44. The van der Waals surface area contributed by atoms with E-state index < -0.39 is 5.82 Å². The number of carbonyl (C=O) groups is 1. The molecule has 0 saturated heterocycles. The van der Waals surface area contributed by atoms with Gasteiger partial charge in [0.25, 0.3) is 5.91 Å². The second kappa shape index (κ2) is 6.59. The summed E-state index contributed by atoms with van der Waals surface area (Å²) < 4.78 is 24.8. The standard InChI is InChI=1S/C20H20FNO3/c1-11-5-6-14(9-17(11)21)20(23)22-13(3)19-12(2)16-10-15(24-4)7-8-18(16)25-19/h5-10,13H,1-4H3,(H,22,23).